The van der Waals surface area contributed by atoms with Crippen molar-refractivity contribution in [2.45, 2.75) is 13.0 Å². The molecule has 0 aliphatic carbocycles. The lowest BCUT2D eigenvalue weighted by Gasteiger charge is -2.13. The molecule has 1 saturated heterocycles. The van der Waals surface area contributed by atoms with Gasteiger partial charge < -0.3 is 20.5 Å². The summed E-state index contributed by atoms with van der Waals surface area (Å²) >= 11 is 1.42. The summed E-state index contributed by atoms with van der Waals surface area (Å²) < 4.78 is 5.17. The van der Waals surface area contributed by atoms with E-state index in [0.717, 1.165) is 11.4 Å². The third-order valence-corrected chi connectivity index (χ3v) is 4.11. The number of β-amino-alcohol motifs (C(OH)–C–C–N with tert-alkyl or cyclic N) is 1. The zero-order valence-corrected chi connectivity index (χ0v) is 11.3. The summed E-state index contributed by atoms with van der Waals surface area (Å²) in [4.78, 5) is 13.7. The molecule has 1 aromatic rings. The van der Waals surface area contributed by atoms with Crippen molar-refractivity contribution in [3.05, 3.63) is 15.8 Å². The number of thiophene rings is 1. The van der Waals surface area contributed by atoms with Crippen molar-refractivity contribution in [1.82, 2.24) is 10.6 Å². The van der Waals surface area contributed by atoms with Gasteiger partial charge in [-0.05, 0) is 13.0 Å². The molecular weight excluding hydrogens is 252 g/mol. The molecule has 6 heteroatoms. The van der Waals surface area contributed by atoms with Gasteiger partial charge in [-0.2, -0.15) is 0 Å². The fourth-order valence-electron chi connectivity index (χ4n) is 2.03. The fraction of sp³-hybridized carbons (Fsp3) is 0.583. The van der Waals surface area contributed by atoms with Gasteiger partial charge in [-0.15, -0.1) is 11.3 Å². The van der Waals surface area contributed by atoms with E-state index >= 15 is 0 Å². The second-order valence-electron chi connectivity index (χ2n) is 4.45. The van der Waals surface area contributed by atoms with Crippen LogP contribution in [-0.2, 0) is 0 Å². The van der Waals surface area contributed by atoms with Gasteiger partial charge in [0.15, 0.2) is 0 Å². The topological polar surface area (TPSA) is 70.6 Å². The van der Waals surface area contributed by atoms with Gasteiger partial charge in [0, 0.05) is 30.4 Å². The largest absolute Gasteiger partial charge is 0.495 e. The lowest BCUT2D eigenvalue weighted by atomic mass is 10.1. The minimum atomic E-state index is -0.378. The van der Waals surface area contributed by atoms with Crippen molar-refractivity contribution in [2.24, 2.45) is 5.92 Å². The van der Waals surface area contributed by atoms with E-state index in [1.54, 1.807) is 7.11 Å². The lowest BCUT2D eigenvalue weighted by Crippen LogP contribution is -2.34. The third-order valence-electron chi connectivity index (χ3n) is 3.08. The number of carbonyl (C=O) groups is 1. The first-order chi connectivity index (χ1) is 8.61. The van der Waals surface area contributed by atoms with Crippen LogP contribution in [0.2, 0.25) is 0 Å². The molecule has 0 bridgehead atoms. The molecule has 100 valence electrons. The van der Waals surface area contributed by atoms with Crippen molar-refractivity contribution < 1.29 is 14.6 Å². The highest BCUT2D eigenvalue weighted by Gasteiger charge is 2.26. The van der Waals surface area contributed by atoms with E-state index in [1.807, 2.05) is 13.0 Å². The van der Waals surface area contributed by atoms with E-state index in [0.29, 0.717) is 23.7 Å². The highest BCUT2D eigenvalue weighted by molar-refractivity contribution is 7.14. The molecule has 1 amide bonds. The number of hydrogen-bond acceptors (Lipinski definition) is 5. The summed E-state index contributed by atoms with van der Waals surface area (Å²) in [6, 6.07) is 1.85. The first-order valence-electron chi connectivity index (χ1n) is 5.93. The summed E-state index contributed by atoms with van der Waals surface area (Å²) in [5, 5.41) is 15.6. The predicted octanol–water partition coefficient (Wildman–Crippen LogP) is 0.375. The monoisotopic (exact) mass is 270 g/mol. The van der Waals surface area contributed by atoms with E-state index in [2.05, 4.69) is 10.6 Å². The number of aliphatic hydroxyl groups excluding tert-OH is 1. The number of methoxy groups -OCH3 is 1. The molecule has 0 radical (unpaired) electrons. The zero-order valence-electron chi connectivity index (χ0n) is 10.5. The Balaban J connectivity index is 1.94. The Bertz CT molecular complexity index is 433. The van der Waals surface area contributed by atoms with Gasteiger partial charge in [-0.1, -0.05) is 0 Å². The molecule has 1 aromatic heterocycles. The Morgan fingerprint density at radius 3 is 3.06 bits per heavy atom. The molecule has 0 aromatic carbocycles. The molecule has 1 aliphatic heterocycles. The van der Waals surface area contributed by atoms with E-state index in [9.17, 15) is 9.90 Å². The van der Waals surface area contributed by atoms with Gasteiger partial charge in [0.2, 0.25) is 0 Å². The van der Waals surface area contributed by atoms with Crippen LogP contribution >= 0.6 is 11.3 Å². The zero-order chi connectivity index (χ0) is 13.1. The Morgan fingerprint density at radius 2 is 2.44 bits per heavy atom. The molecule has 0 saturated carbocycles. The standard InChI is InChI=1S/C12H18N2O3S/c1-7-3-10(17-2)11(18-7)12(16)14-5-8-4-13-6-9(8)15/h3,8-9,13,15H,4-6H2,1-2H3,(H,14,16). The summed E-state index contributed by atoms with van der Waals surface area (Å²) in [5.41, 5.74) is 0. The average molecular weight is 270 g/mol. The average Bonchev–Trinajstić information content (AvgIpc) is 2.92. The van der Waals surface area contributed by atoms with Crippen LogP contribution in [0.5, 0.6) is 5.75 Å². The molecule has 3 N–H and O–H groups in total. The van der Waals surface area contributed by atoms with Crippen molar-refractivity contribution in [2.75, 3.05) is 26.7 Å². The molecular formula is C12H18N2O3S. The van der Waals surface area contributed by atoms with Crippen molar-refractivity contribution in [1.29, 1.82) is 0 Å². The number of amides is 1. The first kappa shape index (κ1) is 13.3. The molecule has 1 aliphatic rings. The summed E-state index contributed by atoms with van der Waals surface area (Å²) in [6.07, 6.45) is -0.378. The number of ether oxygens (including phenoxy) is 1. The lowest BCUT2D eigenvalue weighted by molar-refractivity contribution is 0.0928. The maximum absolute atomic E-state index is 12.0. The van der Waals surface area contributed by atoms with Crippen molar-refractivity contribution in [3.63, 3.8) is 0 Å². The van der Waals surface area contributed by atoms with Gasteiger partial charge in [0.25, 0.3) is 5.91 Å². The van der Waals surface area contributed by atoms with Crippen LogP contribution in [0.3, 0.4) is 0 Å². The molecule has 2 unspecified atom stereocenters. The fourth-order valence-corrected chi connectivity index (χ4v) is 2.93. The van der Waals surface area contributed by atoms with E-state index in [1.165, 1.54) is 11.3 Å². The van der Waals surface area contributed by atoms with Crippen LogP contribution in [0.25, 0.3) is 0 Å². The molecule has 0 spiro atoms. The maximum Gasteiger partial charge on any atom is 0.265 e. The van der Waals surface area contributed by atoms with Gasteiger partial charge in [-0.25, -0.2) is 0 Å². The second kappa shape index (κ2) is 5.69. The second-order valence-corrected chi connectivity index (χ2v) is 5.71. The van der Waals surface area contributed by atoms with Gasteiger partial charge in [0.05, 0.1) is 13.2 Å². The summed E-state index contributed by atoms with van der Waals surface area (Å²) in [6.45, 7) is 3.76. The van der Waals surface area contributed by atoms with Crippen LogP contribution in [0, 0.1) is 12.8 Å². The Kier molecular flexibility index (Phi) is 4.21. The van der Waals surface area contributed by atoms with Crippen LogP contribution in [0.1, 0.15) is 14.5 Å². The van der Waals surface area contributed by atoms with Crippen molar-refractivity contribution >= 4 is 17.2 Å². The molecule has 1 fully saturated rings. The van der Waals surface area contributed by atoms with E-state index in [4.69, 9.17) is 4.74 Å². The Morgan fingerprint density at radius 1 is 1.67 bits per heavy atom. The van der Waals surface area contributed by atoms with Crippen LogP contribution in [0.4, 0.5) is 0 Å². The molecule has 5 nitrogen and oxygen atoms in total. The predicted molar refractivity (Wildman–Crippen MR) is 70.3 cm³/mol. The number of hydrogen-bond donors (Lipinski definition) is 3. The van der Waals surface area contributed by atoms with Gasteiger partial charge in [0.1, 0.15) is 10.6 Å². The first-order valence-corrected chi connectivity index (χ1v) is 6.75. The maximum atomic E-state index is 12.0. The number of nitrogens with one attached hydrogen (secondary N) is 2. The number of aryl methyl sites for hydroxylation is 1. The number of aliphatic hydroxyl groups is 1. The smallest absolute Gasteiger partial charge is 0.265 e. The normalized spacial score (nSPS) is 23.1. The minimum absolute atomic E-state index is 0.0843. The van der Waals surface area contributed by atoms with Gasteiger partial charge in [-0.3, -0.25) is 4.79 Å². The van der Waals surface area contributed by atoms with Gasteiger partial charge >= 0.3 is 0 Å². The van der Waals surface area contributed by atoms with E-state index < -0.39 is 0 Å². The van der Waals surface area contributed by atoms with Crippen LogP contribution in [0.15, 0.2) is 6.07 Å². The molecule has 2 rings (SSSR count). The Hall–Kier alpha value is -1.11. The summed E-state index contributed by atoms with van der Waals surface area (Å²) in [7, 11) is 1.56. The number of rotatable bonds is 4. The summed E-state index contributed by atoms with van der Waals surface area (Å²) in [5.74, 6) is 0.560. The highest BCUT2D eigenvalue weighted by Crippen LogP contribution is 2.28. The van der Waals surface area contributed by atoms with E-state index in [-0.39, 0.29) is 17.9 Å². The minimum Gasteiger partial charge on any atom is -0.495 e. The number of carbonyl (C=O) groups excluding carboxylic acids is 1. The molecule has 2 atom stereocenters. The highest BCUT2D eigenvalue weighted by atomic mass is 32.1. The Labute approximate surface area is 110 Å². The molecule has 18 heavy (non-hydrogen) atoms. The van der Waals surface area contributed by atoms with Crippen LogP contribution in [-0.4, -0.2) is 43.9 Å². The third kappa shape index (κ3) is 2.82. The van der Waals surface area contributed by atoms with Crippen molar-refractivity contribution in [3.8, 4) is 5.75 Å². The SMILES string of the molecule is COc1cc(C)sc1C(=O)NCC1CNCC1O. The van der Waals surface area contributed by atoms with Crippen LogP contribution < -0.4 is 15.4 Å². The quantitative estimate of drug-likeness (QED) is 0.739. The molecule has 2 heterocycles.